The Morgan fingerprint density at radius 3 is 2.70 bits per heavy atom. The molecule has 194 valence electrons. The second-order valence-corrected chi connectivity index (χ2v) is 11.3. The molecule has 0 unspecified atom stereocenters. The van der Waals surface area contributed by atoms with Crippen molar-refractivity contribution in [3.63, 3.8) is 0 Å². The number of nitrogens with zero attached hydrogens (tertiary/aromatic N) is 1. The van der Waals surface area contributed by atoms with Gasteiger partial charge in [-0.05, 0) is 49.9 Å². The second-order valence-electron chi connectivity index (χ2n) is 9.73. The number of thioether (sulfide) groups is 1. The minimum Gasteiger partial charge on any atom is -0.384 e. The van der Waals surface area contributed by atoms with E-state index in [4.69, 9.17) is 6.42 Å². The minimum absolute atomic E-state index is 0.0452. The highest BCUT2D eigenvalue weighted by Gasteiger charge is 2.49. The Morgan fingerprint density at radius 2 is 1.97 bits per heavy atom. The van der Waals surface area contributed by atoms with Crippen LogP contribution in [0.25, 0.3) is 0 Å². The van der Waals surface area contributed by atoms with Gasteiger partial charge in [0.2, 0.25) is 5.91 Å². The molecule has 2 aliphatic rings. The van der Waals surface area contributed by atoms with Crippen molar-refractivity contribution in [2.45, 2.75) is 49.6 Å². The summed E-state index contributed by atoms with van der Waals surface area (Å²) in [6.45, 7) is 4.55. The molecule has 3 amide bonds. The molecule has 1 saturated heterocycles. The molecule has 3 atom stereocenters. The Balaban J connectivity index is 1.59. The molecule has 8 nitrogen and oxygen atoms in total. The van der Waals surface area contributed by atoms with Crippen LogP contribution in [0.1, 0.15) is 35.3 Å². The van der Waals surface area contributed by atoms with Gasteiger partial charge in [0.15, 0.2) is 6.10 Å². The van der Waals surface area contributed by atoms with Crippen LogP contribution in [-0.2, 0) is 22.4 Å². The number of amides is 3. The number of rotatable bonds is 8. The van der Waals surface area contributed by atoms with Gasteiger partial charge in [0, 0.05) is 22.5 Å². The molecule has 2 aromatic carbocycles. The van der Waals surface area contributed by atoms with E-state index in [-0.39, 0.29) is 30.7 Å². The molecule has 0 bridgehead atoms. The minimum atomic E-state index is -1.56. The van der Waals surface area contributed by atoms with Crippen LogP contribution in [0.5, 0.6) is 0 Å². The summed E-state index contributed by atoms with van der Waals surface area (Å²) in [5.41, 5.74) is 3.21. The summed E-state index contributed by atoms with van der Waals surface area (Å²) in [5, 5.41) is 20.2. The van der Waals surface area contributed by atoms with Crippen LogP contribution in [0.2, 0.25) is 0 Å². The smallest absolute Gasteiger partial charge is 0.254 e. The maximum atomic E-state index is 13.6. The normalized spacial score (nSPS) is 19.2. The van der Waals surface area contributed by atoms with Gasteiger partial charge in [-0.25, -0.2) is 0 Å². The third-order valence-corrected chi connectivity index (χ3v) is 8.18. The van der Waals surface area contributed by atoms with Crippen LogP contribution in [-0.4, -0.2) is 69.6 Å². The molecule has 4 N–H and O–H groups in total. The molecule has 9 heteroatoms. The molecule has 37 heavy (non-hydrogen) atoms. The number of aliphatic hydroxyl groups excluding tert-OH is 1. The highest BCUT2D eigenvalue weighted by molar-refractivity contribution is 8.00. The first-order chi connectivity index (χ1) is 17.7. The van der Waals surface area contributed by atoms with E-state index in [9.17, 15) is 19.5 Å². The monoisotopic (exact) mass is 520 g/mol. The molecule has 1 fully saturated rings. The van der Waals surface area contributed by atoms with E-state index in [1.54, 1.807) is 6.07 Å². The fraction of sp³-hybridized carbons (Fsp3) is 0.393. The van der Waals surface area contributed by atoms with Gasteiger partial charge >= 0.3 is 0 Å². The summed E-state index contributed by atoms with van der Waals surface area (Å²) in [6, 6.07) is 13.1. The van der Waals surface area contributed by atoms with Crippen molar-refractivity contribution in [3.8, 4) is 12.3 Å². The lowest BCUT2D eigenvalue weighted by Gasteiger charge is -2.33. The SMILES string of the molecule is C#CCNC(=O)[C@@H]1N(C(=O)[C@@H](O)[C@H](Cc2ccccc2)NC(=O)c2cccc3c2CCN3)CSC1(C)C. The van der Waals surface area contributed by atoms with E-state index in [0.29, 0.717) is 5.56 Å². The van der Waals surface area contributed by atoms with Gasteiger partial charge in [0.1, 0.15) is 6.04 Å². The molecule has 0 saturated carbocycles. The van der Waals surface area contributed by atoms with Gasteiger partial charge in [-0.15, -0.1) is 18.2 Å². The largest absolute Gasteiger partial charge is 0.384 e. The quantitative estimate of drug-likeness (QED) is 0.395. The first kappa shape index (κ1) is 26.6. The van der Waals surface area contributed by atoms with E-state index in [1.807, 2.05) is 56.3 Å². The molecule has 0 spiro atoms. The number of benzene rings is 2. The van der Waals surface area contributed by atoms with Crippen molar-refractivity contribution in [1.29, 1.82) is 0 Å². The predicted octanol–water partition coefficient (Wildman–Crippen LogP) is 1.79. The molecule has 2 heterocycles. The van der Waals surface area contributed by atoms with Gasteiger partial charge in [0.05, 0.1) is 18.5 Å². The molecular formula is C28H32N4O4S. The van der Waals surface area contributed by atoms with Crippen LogP contribution in [0, 0.1) is 12.3 Å². The highest BCUT2D eigenvalue weighted by Crippen LogP contribution is 2.39. The number of aliphatic hydroxyl groups is 1. The first-order valence-corrected chi connectivity index (χ1v) is 13.3. The molecule has 2 aromatic rings. The Hall–Kier alpha value is -3.48. The van der Waals surface area contributed by atoms with Gasteiger partial charge < -0.3 is 26.0 Å². The molecular weight excluding hydrogens is 488 g/mol. The van der Waals surface area contributed by atoms with E-state index in [2.05, 4.69) is 21.9 Å². The van der Waals surface area contributed by atoms with E-state index in [1.165, 1.54) is 16.7 Å². The van der Waals surface area contributed by atoms with Crippen LogP contribution in [0.3, 0.4) is 0 Å². The number of hydrogen-bond acceptors (Lipinski definition) is 6. The zero-order valence-corrected chi connectivity index (χ0v) is 21.8. The van der Waals surface area contributed by atoms with Crippen LogP contribution < -0.4 is 16.0 Å². The molecule has 2 aliphatic heterocycles. The highest BCUT2D eigenvalue weighted by atomic mass is 32.2. The van der Waals surface area contributed by atoms with Gasteiger partial charge in [-0.2, -0.15) is 0 Å². The first-order valence-electron chi connectivity index (χ1n) is 12.3. The van der Waals surface area contributed by atoms with Crippen LogP contribution in [0.15, 0.2) is 48.5 Å². The Kier molecular flexibility index (Phi) is 8.10. The third kappa shape index (κ3) is 5.76. The lowest BCUT2D eigenvalue weighted by molar-refractivity contribution is -0.147. The number of carbonyl (C=O) groups is 3. The summed E-state index contributed by atoms with van der Waals surface area (Å²) >= 11 is 1.45. The summed E-state index contributed by atoms with van der Waals surface area (Å²) in [5.74, 6) is 1.27. The van der Waals surface area contributed by atoms with Gasteiger partial charge in [-0.3, -0.25) is 14.4 Å². The lowest BCUT2D eigenvalue weighted by atomic mass is 9.96. The molecule has 0 aromatic heterocycles. The van der Waals surface area contributed by atoms with Crippen molar-refractivity contribution < 1.29 is 19.5 Å². The molecule has 0 aliphatic carbocycles. The summed E-state index contributed by atoms with van der Waals surface area (Å²) in [4.78, 5) is 41.3. The fourth-order valence-electron chi connectivity index (χ4n) is 4.90. The standard InChI is InChI=1S/C28H32N4O4S/c1-4-14-30-26(35)24-28(2,3)37-17-32(24)27(36)23(33)22(16-18-9-6-5-7-10-18)31-25(34)20-11-8-12-21-19(20)13-15-29-21/h1,5-12,22-24,29,33H,13-17H2,2-3H3,(H,30,35)(H,31,34)/t22-,23-,24-/m0/s1. The van der Waals surface area contributed by atoms with E-state index < -0.39 is 28.8 Å². The van der Waals surface area contributed by atoms with Gasteiger partial charge in [0.25, 0.3) is 11.8 Å². The third-order valence-electron chi connectivity index (χ3n) is 6.80. The number of terminal acetylenes is 1. The summed E-state index contributed by atoms with van der Waals surface area (Å²) in [6.07, 6.45) is 4.70. The number of nitrogens with one attached hydrogen (secondary N) is 3. The lowest BCUT2D eigenvalue weighted by Crippen LogP contribution is -2.58. The Bertz CT molecular complexity index is 1210. The van der Waals surface area contributed by atoms with Crippen molar-refractivity contribution >= 4 is 35.2 Å². The van der Waals surface area contributed by atoms with Crippen molar-refractivity contribution in [3.05, 3.63) is 65.2 Å². The van der Waals surface area contributed by atoms with Crippen LogP contribution in [0.4, 0.5) is 5.69 Å². The number of hydrogen-bond donors (Lipinski definition) is 4. The van der Waals surface area contributed by atoms with Crippen LogP contribution >= 0.6 is 11.8 Å². The number of carbonyl (C=O) groups excluding carboxylic acids is 3. The molecule has 0 radical (unpaired) electrons. The zero-order chi connectivity index (χ0) is 26.6. The second kappa shape index (κ2) is 11.3. The topological polar surface area (TPSA) is 111 Å². The Labute approximate surface area is 221 Å². The molecule has 4 rings (SSSR count). The maximum Gasteiger partial charge on any atom is 0.254 e. The zero-order valence-electron chi connectivity index (χ0n) is 21.0. The number of fused-ring (bicyclic) bond motifs is 1. The van der Waals surface area contributed by atoms with Crippen molar-refractivity contribution in [2.75, 3.05) is 24.3 Å². The fourth-order valence-corrected chi connectivity index (χ4v) is 6.04. The van der Waals surface area contributed by atoms with Crippen molar-refractivity contribution in [2.24, 2.45) is 0 Å². The summed E-state index contributed by atoms with van der Waals surface area (Å²) in [7, 11) is 0. The summed E-state index contributed by atoms with van der Waals surface area (Å²) < 4.78 is -0.580. The average Bonchev–Trinajstić information content (AvgIpc) is 3.50. The number of anilines is 1. The van der Waals surface area contributed by atoms with Gasteiger partial charge in [-0.1, -0.05) is 42.3 Å². The van der Waals surface area contributed by atoms with E-state index in [0.717, 1.165) is 29.8 Å². The average molecular weight is 521 g/mol. The maximum absolute atomic E-state index is 13.6. The Morgan fingerprint density at radius 1 is 1.22 bits per heavy atom. The predicted molar refractivity (Wildman–Crippen MR) is 145 cm³/mol. The van der Waals surface area contributed by atoms with Crippen molar-refractivity contribution in [1.82, 2.24) is 15.5 Å². The van der Waals surface area contributed by atoms with E-state index >= 15 is 0 Å².